The number of piperazine rings is 1. The molecule has 2 atom stereocenters. The number of aryl methyl sites for hydroxylation is 2. The topological polar surface area (TPSA) is 99.8 Å². The minimum absolute atomic E-state index is 0.121. The Morgan fingerprint density at radius 3 is 2.66 bits per heavy atom. The summed E-state index contributed by atoms with van der Waals surface area (Å²) in [7, 11) is 1.75. The van der Waals surface area contributed by atoms with Crippen LogP contribution >= 0.6 is 0 Å². The molecule has 9 nitrogen and oxygen atoms in total. The minimum atomic E-state index is -4.24. The number of halogens is 3. The second kappa shape index (κ2) is 11.7. The molecule has 1 aromatic carbocycles. The predicted octanol–water partition coefficient (Wildman–Crippen LogP) is 3.45. The molecule has 0 radical (unpaired) electrons. The summed E-state index contributed by atoms with van der Waals surface area (Å²) < 4.78 is 50.2. The van der Waals surface area contributed by atoms with Crippen LogP contribution in [0.2, 0.25) is 0 Å². The highest BCUT2D eigenvalue weighted by molar-refractivity contribution is 5.71. The molecule has 0 spiro atoms. The van der Waals surface area contributed by atoms with E-state index in [0.717, 1.165) is 5.56 Å². The zero-order valence-corrected chi connectivity index (χ0v) is 21.9. The summed E-state index contributed by atoms with van der Waals surface area (Å²) in [6.45, 7) is 6.06. The van der Waals surface area contributed by atoms with Crippen LogP contribution in [-0.2, 0) is 0 Å². The van der Waals surface area contributed by atoms with E-state index in [1.54, 1.807) is 33.0 Å². The third-order valence-electron chi connectivity index (χ3n) is 6.45. The van der Waals surface area contributed by atoms with Crippen molar-refractivity contribution in [1.29, 1.82) is 0 Å². The van der Waals surface area contributed by atoms with Crippen LogP contribution in [0.5, 0.6) is 5.75 Å². The van der Waals surface area contributed by atoms with E-state index in [9.17, 15) is 18.3 Å². The number of aromatic nitrogens is 3. The molecule has 2 aromatic heterocycles. The molecule has 1 unspecified atom stereocenters. The summed E-state index contributed by atoms with van der Waals surface area (Å²) in [5.41, 5.74) is 2.74. The highest BCUT2D eigenvalue weighted by atomic mass is 19.4. The molecule has 38 heavy (non-hydrogen) atoms. The molecule has 1 saturated heterocycles. The van der Waals surface area contributed by atoms with Crippen LogP contribution in [0.15, 0.2) is 34.9 Å². The van der Waals surface area contributed by atoms with Crippen LogP contribution in [0.1, 0.15) is 18.4 Å². The van der Waals surface area contributed by atoms with E-state index >= 15 is 0 Å². The molecule has 0 amide bonds. The van der Waals surface area contributed by atoms with Gasteiger partial charge in [-0.05, 0) is 40.0 Å². The maximum absolute atomic E-state index is 13.0. The summed E-state index contributed by atoms with van der Waals surface area (Å²) in [6.07, 6.45) is -4.90. The molecular formula is C26H33F3N6O3. The van der Waals surface area contributed by atoms with Gasteiger partial charge in [0.15, 0.2) is 5.82 Å². The Morgan fingerprint density at radius 2 is 2.00 bits per heavy atom. The number of nitrogens with one attached hydrogen (secondary N) is 1. The van der Waals surface area contributed by atoms with Crippen molar-refractivity contribution in [2.24, 2.45) is 0 Å². The lowest BCUT2D eigenvalue weighted by atomic mass is 10.1. The molecule has 1 fully saturated rings. The van der Waals surface area contributed by atoms with Gasteiger partial charge < -0.3 is 24.6 Å². The van der Waals surface area contributed by atoms with E-state index in [1.165, 1.54) is 4.90 Å². The van der Waals surface area contributed by atoms with E-state index < -0.39 is 18.8 Å². The molecule has 3 aromatic rings. The van der Waals surface area contributed by atoms with Crippen molar-refractivity contribution >= 4 is 5.82 Å². The first-order valence-electron chi connectivity index (χ1n) is 12.5. The zero-order chi connectivity index (χ0) is 27.4. The lowest BCUT2D eigenvalue weighted by Crippen LogP contribution is -2.54. The Hall–Kier alpha value is -3.22. The zero-order valence-electron chi connectivity index (χ0n) is 21.9. The number of rotatable bonds is 9. The quantitative estimate of drug-likeness (QED) is 0.428. The number of aliphatic hydroxyl groups is 1. The van der Waals surface area contributed by atoms with Crippen LogP contribution in [0, 0.1) is 13.8 Å². The molecule has 4 rings (SSSR count). The molecule has 0 bridgehead atoms. The van der Waals surface area contributed by atoms with Gasteiger partial charge in [-0.1, -0.05) is 17.3 Å². The van der Waals surface area contributed by atoms with E-state index in [2.05, 4.69) is 10.5 Å². The van der Waals surface area contributed by atoms with Crippen molar-refractivity contribution in [2.45, 2.75) is 39.1 Å². The minimum Gasteiger partial charge on any atom is -0.491 e. The van der Waals surface area contributed by atoms with Gasteiger partial charge in [-0.15, -0.1) is 0 Å². The third kappa shape index (κ3) is 6.80. The monoisotopic (exact) mass is 534 g/mol. The van der Waals surface area contributed by atoms with Crippen LogP contribution in [0.25, 0.3) is 22.6 Å². The van der Waals surface area contributed by atoms with Gasteiger partial charge >= 0.3 is 6.18 Å². The van der Waals surface area contributed by atoms with Gasteiger partial charge in [-0.25, -0.2) is 9.97 Å². The lowest BCUT2D eigenvalue weighted by Gasteiger charge is -2.40. The van der Waals surface area contributed by atoms with E-state index in [1.807, 2.05) is 30.0 Å². The predicted molar refractivity (Wildman–Crippen MR) is 137 cm³/mol. The normalized spacial score (nSPS) is 17.6. The summed E-state index contributed by atoms with van der Waals surface area (Å²) in [5.74, 6) is 2.21. The fourth-order valence-electron chi connectivity index (χ4n) is 4.58. The van der Waals surface area contributed by atoms with Crippen molar-refractivity contribution in [2.75, 3.05) is 51.3 Å². The van der Waals surface area contributed by atoms with Crippen molar-refractivity contribution < 1.29 is 27.5 Å². The average Bonchev–Trinajstić information content (AvgIpc) is 3.21. The second-order valence-corrected chi connectivity index (χ2v) is 9.57. The molecule has 3 heterocycles. The molecule has 1 aliphatic rings. The van der Waals surface area contributed by atoms with Crippen molar-refractivity contribution in [3.05, 3.63) is 41.8 Å². The number of aliphatic hydroxyl groups excluding tert-OH is 1. The fourth-order valence-corrected chi connectivity index (χ4v) is 4.58. The highest BCUT2D eigenvalue weighted by Gasteiger charge is 2.35. The Morgan fingerprint density at radius 1 is 1.21 bits per heavy atom. The third-order valence-corrected chi connectivity index (χ3v) is 6.45. The first-order chi connectivity index (χ1) is 18.0. The van der Waals surface area contributed by atoms with Crippen LogP contribution < -0.4 is 15.0 Å². The highest BCUT2D eigenvalue weighted by Crippen LogP contribution is 2.32. The number of anilines is 1. The van der Waals surface area contributed by atoms with E-state index in [4.69, 9.17) is 19.2 Å². The summed E-state index contributed by atoms with van der Waals surface area (Å²) >= 11 is 0. The first-order valence-corrected chi connectivity index (χ1v) is 12.5. The van der Waals surface area contributed by atoms with E-state index in [-0.39, 0.29) is 19.2 Å². The fraction of sp³-hybridized carbons (Fsp3) is 0.500. The summed E-state index contributed by atoms with van der Waals surface area (Å²) in [5, 5.41) is 16.9. The van der Waals surface area contributed by atoms with Crippen molar-refractivity contribution in [3.8, 4) is 28.4 Å². The Labute approximate surface area is 219 Å². The Bertz CT molecular complexity index is 1220. The van der Waals surface area contributed by atoms with Gasteiger partial charge in [0.1, 0.15) is 30.0 Å². The SMILES string of the molecule is CNCC(O)COc1cccc(-c2nc(-c3c(C)noc3C)cc(N3CCN(CC(F)(F)F)[C@H](C)C3)n2)c1. The lowest BCUT2D eigenvalue weighted by molar-refractivity contribution is -0.150. The summed E-state index contributed by atoms with van der Waals surface area (Å²) in [6, 6.07) is 8.78. The van der Waals surface area contributed by atoms with Crippen LogP contribution in [0.3, 0.4) is 0 Å². The standard InChI is InChI=1S/C26H33F3N6O3/c1-16-13-34(8-9-35(16)15-26(27,28)29)23-11-22(24-17(2)33-38-18(24)3)31-25(32-23)19-6-5-7-21(10-19)37-14-20(36)12-30-4/h5-7,10-11,16,20,30,36H,8-9,12-15H2,1-4H3/t16-,20?/m1/s1. The average molecular weight is 535 g/mol. The van der Waals surface area contributed by atoms with E-state index in [0.29, 0.717) is 59.7 Å². The number of nitrogens with zero attached hydrogens (tertiary/aromatic N) is 5. The number of ether oxygens (including phenoxy) is 1. The molecular weight excluding hydrogens is 501 g/mol. The largest absolute Gasteiger partial charge is 0.491 e. The number of likely N-dealkylation sites (N-methyl/N-ethyl adjacent to an activating group) is 1. The number of benzene rings is 1. The molecule has 12 heteroatoms. The van der Waals surface area contributed by atoms with Crippen LogP contribution in [0.4, 0.5) is 19.0 Å². The van der Waals surface area contributed by atoms with Crippen LogP contribution in [-0.4, -0.2) is 89.8 Å². The maximum Gasteiger partial charge on any atom is 0.401 e. The van der Waals surface area contributed by atoms with Gasteiger partial charge in [-0.2, -0.15) is 13.2 Å². The Kier molecular flexibility index (Phi) is 8.54. The van der Waals surface area contributed by atoms with Crippen molar-refractivity contribution in [1.82, 2.24) is 25.3 Å². The van der Waals surface area contributed by atoms with Gasteiger partial charge in [-0.3, -0.25) is 4.90 Å². The number of hydrogen-bond donors (Lipinski definition) is 2. The first kappa shape index (κ1) is 27.8. The Balaban J connectivity index is 1.66. The van der Waals surface area contributed by atoms with Gasteiger partial charge in [0.25, 0.3) is 0 Å². The van der Waals surface area contributed by atoms with Gasteiger partial charge in [0, 0.05) is 43.9 Å². The molecule has 0 saturated carbocycles. The van der Waals surface area contributed by atoms with Gasteiger partial charge in [0.2, 0.25) is 0 Å². The molecule has 1 aliphatic heterocycles. The number of hydrogen-bond acceptors (Lipinski definition) is 9. The summed E-state index contributed by atoms with van der Waals surface area (Å²) in [4.78, 5) is 13.0. The van der Waals surface area contributed by atoms with Crippen molar-refractivity contribution in [3.63, 3.8) is 0 Å². The maximum atomic E-state index is 13.0. The van der Waals surface area contributed by atoms with Gasteiger partial charge in [0.05, 0.1) is 23.5 Å². The molecule has 2 N–H and O–H groups in total. The smallest absolute Gasteiger partial charge is 0.401 e. The molecule has 0 aliphatic carbocycles. The molecule has 206 valence electrons. The number of alkyl halides is 3. The second-order valence-electron chi connectivity index (χ2n) is 9.57.